The second kappa shape index (κ2) is 8.35. The maximum atomic E-state index is 13.2. The van der Waals surface area contributed by atoms with Gasteiger partial charge >= 0.3 is 0 Å². The SMILES string of the molecule is CC(=NCc1ccc(C(=O)Nc2ccccc2N)cc1)c1ccc(F)cc1N. The number of hydrogen-bond donors (Lipinski definition) is 3. The summed E-state index contributed by atoms with van der Waals surface area (Å²) < 4.78 is 13.2. The number of nitrogens with zero attached hydrogens (tertiary/aromatic N) is 1. The molecule has 5 N–H and O–H groups in total. The van der Waals surface area contributed by atoms with Gasteiger partial charge in [-0.05, 0) is 55.0 Å². The van der Waals surface area contributed by atoms with Gasteiger partial charge in [-0.3, -0.25) is 9.79 Å². The first-order valence-electron chi connectivity index (χ1n) is 8.75. The summed E-state index contributed by atoms with van der Waals surface area (Å²) in [6.45, 7) is 2.26. The van der Waals surface area contributed by atoms with Crippen LogP contribution in [0.25, 0.3) is 0 Å². The second-order valence-corrected chi connectivity index (χ2v) is 6.37. The van der Waals surface area contributed by atoms with Crippen molar-refractivity contribution in [1.29, 1.82) is 0 Å². The molecule has 0 radical (unpaired) electrons. The van der Waals surface area contributed by atoms with Crippen LogP contribution in [0.5, 0.6) is 0 Å². The Morgan fingerprint density at radius 2 is 1.71 bits per heavy atom. The lowest BCUT2D eigenvalue weighted by atomic mass is 10.1. The van der Waals surface area contributed by atoms with E-state index < -0.39 is 0 Å². The number of amides is 1. The van der Waals surface area contributed by atoms with Crippen molar-refractivity contribution in [2.24, 2.45) is 4.99 Å². The first kappa shape index (κ1) is 19.1. The van der Waals surface area contributed by atoms with Gasteiger partial charge in [-0.2, -0.15) is 0 Å². The average molecular weight is 376 g/mol. The number of nitrogens with one attached hydrogen (secondary N) is 1. The van der Waals surface area contributed by atoms with E-state index >= 15 is 0 Å². The van der Waals surface area contributed by atoms with Crippen molar-refractivity contribution in [3.05, 3.63) is 89.2 Å². The molecule has 0 saturated carbocycles. The Morgan fingerprint density at radius 3 is 2.39 bits per heavy atom. The molecule has 0 aliphatic heterocycles. The zero-order valence-electron chi connectivity index (χ0n) is 15.4. The average Bonchev–Trinajstić information content (AvgIpc) is 2.68. The fraction of sp³-hybridized carbons (Fsp3) is 0.0909. The van der Waals surface area contributed by atoms with Crippen molar-refractivity contribution in [2.75, 3.05) is 16.8 Å². The van der Waals surface area contributed by atoms with E-state index in [2.05, 4.69) is 10.3 Å². The Hall–Kier alpha value is -3.67. The lowest BCUT2D eigenvalue weighted by Crippen LogP contribution is -2.13. The predicted octanol–water partition coefficient (Wildman–Crippen LogP) is 4.25. The Labute approximate surface area is 162 Å². The van der Waals surface area contributed by atoms with Crippen LogP contribution < -0.4 is 16.8 Å². The molecular formula is C22H21FN4O. The molecule has 0 saturated heterocycles. The van der Waals surface area contributed by atoms with Crippen molar-refractivity contribution in [1.82, 2.24) is 0 Å². The number of anilines is 3. The molecule has 0 spiro atoms. The van der Waals surface area contributed by atoms with Crippen LogP contribution in [0.3, 0.4) is 0 Å². The van der Waals surface area contributed by atoms with E-state index in [1.165, 1.54) is 12.1 Å². The summed E-state index contributed by atoms with van der Waals surface area (Å²) in [7, 11) is 0. The maximum absolute atomic E-state index is 13.2. The second-order valence-electron chi connectivity index (χ2n) is 6.37. The highest BCUT2D eigenvalue weighted by molar-refractivity contribution is 6.05. The molecule has 0 bridgehead atoms. The van der Waals surface area contributed by atoms with Gasteiger partial charge in [-0.25, -0.2) is 4.39 Å². The third-order valence-electron chi connectivity index (χ3n) is 4.33. The number of rotatable bonds is 5. The molecule has 3 aromatic rings. The number of carbonyl (C=O) groups excluding carboxylic acids is 1. The van der Waals surface area contributed by atoms with Crippen LogP contribution in [0.4, 0.5) is 21.5 Å². The molecule has 0 atom stereocenters. The van der Waals surface area contributed by atoms with E-state index in [9.17, 15) is 9.18 Å². The molecule has 0 unspecified atom stereocenters. The van der Waals surface area contributed by atoms with Crippen molar-refractivity contribution in [3.8, 4) is 0 Å². The summed E-state index contributed by atoms with van der Waals surface area (Å²) in [5.74, 6) is -0.608. The number of aliphatic imine (C=N–C) groups is 1. The molecule has 28 heavy (non-hydrogen) atoms. The van der Waals surface area contributed by atoms with E-state index in [-0.39, 0.29) is 11.7 Å². The highest BCUT2D eigenvalue weighted by atomic mass is 19.1. The van der Waals surface area contributed by atoms with Crippen LogP contribution in [-0.4, -0.2) is 11.6 Å². The third kappa shape index (κ3) is 4.54. The molecule has 0 aliphatic carbocycles. The monoisotopic (exact) mass is 376 g/mol. The van der Waals surface area contributed by atoms with Gasteiger partial charge in [0.25, 0.3) is 5.91 Å². The van der Waals surface area contributed by atoms with Gasteiger partial charge in [0.15, 0.2) is 0 Å². The van der Waals surface area contributed by atoms with E-state index in [1.54, 1.807) is 30.3 Å². The summed E-state index contributed by atoms with van der Waals surface area (Å²) in [5.41, 5.74) is 16.0. The highest BCUT2D eigenvalue weighted by Crippen LogP contribution is 2.18. The van der Waals surface area contributed by atoms with Gasteiger partial charge in [0, 0.05) is 22.5 Å². The van der Waals surface area contributed by atoms with E-state index in [0.29, 0.717) is 34.7 Å². The van der Waals surface area contributed by atoms with Crippen molar-refractivity contribution >= 4 is 28.7 Å². The number of benzene rings is 3. The molecule has 0 aromatic heterocycles. The molecule has 3 rings (SSSR count). The normalized spacial score (nSPS) is 11.3. The van der Waals surface area contributed by atoms with Crippen LogP contribution >= 0.6 is 0 Å². The minimum absolute atomic E-state index is 0.233. The van der Waals surface area contributed by atoms with Crippen LogP contribution in [0.2, 0.25) is 0 Å². The number of halogens is 1. The Balaban J connectivity index is 1.67. The molecule has 1 amide bonds. The molecule has 0 fully saturated rings. The molecular weight excluding hydrogens is 355 g/mol. The molecule has 0 aliphatic rings. The quantitative estimate of drug-likeness (QED) is 0.459. The van der Waals surface area contributed by atoms with Crippen LogP contribution in [0, 0.1) is 5.82 Å². The minimum atomic E-state index is -0.375. The molecule has 3 aromatic carbocycles. The number of hydrogen-bond acceptors (Lipinski definition) is 4. The van der Waals surface area contributed by atoms with Gasteiger partial charge < -0.3 is 16.8 Å². The Morgan fingerprint density at radius 1 is 1.00 bits per heavy atom. The molecule has 142 valence electrons. The largest absolute Gasteiger partial charge is 0.398 e. The highest BCUT2D eigenvalue weighted by Gasteiger charge is 2.08. The van der Waals surface area contributed by atoms with E-state index in [0.717, 1.165) is 11.3 Å². The standard InChI is InChI=1S/C22H21FN4O/c1-14(18-11-10-17(23)12-20(18)25)26-13-15-6-8-16(9-7-15)22(28)27-21-5-3-2-4-19(21)24/h2-12H,13,24-25H2,1H3,(H,27,28). The van der Waals surface area contributed by atoms with Gasteiger partial charge in [-0.15, -0.1) is 0 Å². The Bertz CT molecular complexity index is 1030. The molecule has 6 heteroatoms. The first-order valence-corrected chi connectivity index (χ1v) is 8.75. The lowest BCUT2D eigenvalue weighted by Gasteiger charge is -2.08. The minimum Gasteiger partial charge on any atom is -0.398 e. The van der Waals surface area contributed by atoms with Crippen molar-refractivity contribution in [3.63, 3.8) is 0 Å². The van der Waals surface area contributed by atoms with Crippen LogP contribution in [0.15, 0.2) is 71.7 Å². The number of carbonyl (C=O) groups is 1. The van der Waals surface area contributed by atoms with Gasteiger partial charge in [0.1, 0.15) is 5.82 Å². The fourth-order valence-corrected chi connectivity index (χ4v) is 2.72. The first-order chi connectivity index (χ1) is 13.4. The zero-order valence-corrected chi connectivity index (χ0v) is 15.4. The smallest absolute Gasteiger partial charge is 0.255 e. The number of nitrogen functional groups attached to an aromatic ring is 2. The Kier molecular flexibility index (Phi) is 5.69. The topological polar surface area (TPSA) is 93.5 Å². The fourth-order valence-electron chi connectivity index (χ4n) is 2.72. The number of nitrogens with two attached hydrogens (primary N) is 2. The van der Waals surface area contributed by atoms with Gasteiger partial charge in [0.2, 0.25) is 0 Å². The maximum Gasteiger partial charge on any atom is 0.255 e. The summed E-state index contributed by atoms with van der Waals surface area (Å²) >= 11 is 0. The van der Waals surface area contributed by atoms with Crippen molar-refractivity contribution in [2.45, 2.75) is 13.5 Å². The summed E-state index contributed by atoms with van der Waals surface area (Å²) in [5, 5.41) is 2.79. The van der Waals surface area contributed by atoms with Crippen molar-refractivity contribution < 1.29 is 9.18 Å². The lowest BCUT2D eigenvalue weighted by molar-refractivity contribution is 0.102. The molecule has 5 nitrogen and oxygen atoms in total. The van der Waals surface area contributed by atoms with Gasteiger partial charge in [-0.1, -0.05) is 24.3 Å². The van der Waals surface area contributed by atoms with Gasteiger partial charge in [0.05, 0.1) is 17.9 Å². The summed E-state index contributed by atoms with van der Waals surface area (Å²) in [6, 6.07) is 18.5. The summed E-state index contributed by atoms with van der Waals surface area (Å²) in [6.07, 6.45) is 0. The zero-order chi connectivity index (χ0) is 20.1. The third-order valence-corrected chi connectivity index (χ3v) is 4.33. The van der Waals surface area contributed by atoms with E-state index in [4.69, 9.17) is 11.5 Å². The van der Waals surface area contributed by atoms with Crippen LogP contribution in [0.1, 0.15) is 28.4 Å². The predicted molar refractivity (Wildman–Crippen MR) is 112 cm³/mol. The molecule has 0 heterocycles. The van der Waals surface area contributed by atoms with Crippen LogP contribution in [-0.2, 0) is 6.54 Å². The van der Waals surface area contributed by atoms with E-state index in [1.807, 2.05) is 31.2 Å². The summed E-state index contributed by atoms with van der Waals surface area (Å²) in [4.78, 5) is 16.9. The number of para-hydroxylation sites is 2.